The van der Waals surface area contributed by atoms with Crippen molar-refractivity contribution in [3.63, 3.8) is 0 Å². The highest BCUT2D eigenvalue weighted by Gasteiger charge is 2.31. The number of nitrogens with zero attached hydrogens (tertiary/aromatic N) is 1. The maximum absolute atomic E-state index is 13.4. The molecule has 0 saturated heterocycles. The third kappa shape index (κ3) is 1.83. The highest BCUT2D eigenvalue weighted by Crippen LogP contribution is 2.30. The van der Waals surface area contributed by atoms with Gasteiger partial charge in [0.25, 0.3) is 0 Å². The van der Waals surface area contributed by atoms with Gasteiger partial charge in [-0.15, -0.1) is 0 Å². The highest BCUT2D eigenvalue weighted by molar-refractivity contribution is 7.91. The standard InChI is InChI=1S/C11H8FNO3S/c12-8-2-4-10(17(15,16)6-5-13)11-7(8)1-3-9(11)14/h2,4H,1,3,6H2. The molecule has 0 heterocycles. The van der Waals surface area contributed by atoms with Crippen LogP contribution in [0.1, 0.15) is 22.3 Å². The van der Waals surface area contributed by atoms with E-state index in [2.05, 4.69) is 0 Å². The first-order valence-electron chi connectivity index (χ1n) is 4.91. The first kappa shape index (κ1) is 11.7. The summed E-state index contributed by atoms with van der Waals surface area (Å²) in [5.74, 6) is -1.66. The fourth-order valence-electron chi connectivity index (χ4n) is 1.94. The van der Waals surface area contributed by atoms with Gasteiger partial charge in [-0.25, -0.2) is 12.8 Å². The lowest BCUT2D eigenvalue weighted by Gasteiger charge is -2.07. The van der Waals surface area contributed by atoms with Crippen molar-refractivity contribution in [3.05, 3.63) is 29.1 Å². The Morgan fingerprint density at radius 2 is 2.06 bits per heavy atom. The minimum absolute atomic E-state index is 0.0692. The summed E-state index contributed by atoms with van der Waals surface area (Å²) >= 11 is 0. The molecule has 0 unspecified atom stereocenters. The average molecular weight is 253 g/mol. The predicted octanol–water partition coefficient (Wildman–Crippen LogP) is 1.25. The van der Waals surface area contributed by atoms with Gasteiger partial charge in [0.05, 0.1) is 11.0 Å². The van der Waals surface area contributed by atoms with Crippen LogP contribution in [0.3, 0.4) is 0 Å². The van der Waals surface area contributed by atoms with E-state index in [1.54, 1.807) is 0 Å². The zero-order chi connectivity index (χ0) is 12.6. The third-order valence-electron chi connectivity index (χ3n) is 2.69. The number of hydrogen-bond donors (Lipinski definition) is 0. The largest absolute Gasteiger partial charge is 0.294 e. The number of sulfone groups is 1. The Bertz CT molecular complexity index is 643. The molecule has 0 spiro atoms. The lowest BCUT2D eigenvalue weighted by molar-refractivity contribution is 0.0991. The van der Waals surface area contributed by atoms with Gasteiger partial charge in [0.2, 0.25) is 0 Å². The van der Waals surface area contributed by atoms with Gasteiger partial charge in [0.15, 0.2) is 15.6 Å². The minimum atomic E-state index is -3.83. The first-order chi connectivity index (χ1) is 7.97. The Labute approximate surface area is 97.6 Å². The van der Waals surface area contributed by atoms with Gasteiger partial charge in [-0.2, -0.15) is 5.26 Å². The SMILES string of the molecule is N#CCS(=O)(=O)c1ccc(F)c2c1C(=O)CC2. The van der Waals surface area contributed by atoms with E-state index in [1.165, 1.54) is 6.07 Å². The number of Topliss-reactive ketones (excluding diaryl/α,β-unsaturated/α-hetero) is 1. The zero-order valence-corrected chi connectivity index (χ0v) is 9.55. The molecule has 0 atom stereocenters. The quantitative estimate of drug-likeness (QED) is 0.743. The maximum Gasteiger partial charge on any atom is 0.192 e. The van der Waals surface area contributed by atoms with Crippen LogP contribution < -0.4 is 0 Å². The number of halogens is 1. The smallest absolute Gasteiger partial charge is 0.192 e. The van der Waals surface area contributed by atoms with Crippen molar-refractivity contribution in [2.75, 3.05) is 5.75 Å². The molecule has 0 aromatic heterocycles. The molecular weight excluding hydrogens is 245 g/mol. The number of benzene rings is 1. The molecule has 2 rings (SSSR count). The molecule has 0 saturated carbocycles. The van der Waals surface area contributed by atoms with Crippen LogP contribution in [0, 0.1) is 17.1 Å². The second-order valence-corrected chi connectivity index (χ2v) is 5.70. The van der Waals surface area contributed by atoms with Crippen molar-refractivity contribution in [1.29, 1.82) is 5.26 Å². The summed E-state index contributed by atoms with van der Waals surface area (Å²) < 4.78 is 36.9. The topological polar surface area (TPSA) is 75.0 Å². The summed E-state index contributed by atoms with van der Waals surface area (Å²) in [6.07, 6.45) is 0.335. The Balaban J connectivity index is 2.71. The minimum Gasteiger partial charge on any atom is -0.294 e. The first-order valence-corrected chi connectivity index (χ1v) is 6.57. The molecule has 4 nitrogen and oxygen atoms in total. The van der Waals surface area contributed by atoms with Gasteiger partial charge < -0.3 is 0 Å². The summed E-state index contributed by atoms with van der Waals surface area (Å²) in [5.41, 5.74) is 0.0780. The van der Waals surface area contributed by atoms with E-state index in [4.69, 9.17) is 5.26 Å². The molecule has 1 aromatic rings. The summed E-state index contributed by atoms with van der Waals surface area (Å²) in [4.78, 5) is 11.4. The third-order valence-corrected chi connectivity index (χ3v) is 4.21. The number of carbonyl (C=O) groups is 1. The molecule has 17 heavy (non-hydrogen) atoms. The van der Waals surface area contributed by atoms with E-state index in [0.717, 1.165) is 12.1 Å². The number of ketones is 1. The lowest BCUT2D eigenvalue weighted by Crippen LogP contribution is -2.11. The summed E-state index contributed by atoms with van der Waals surface area (Å²) in [6.45, 7) is 0. The molecule has 1 aromatic carbocycles. The Morgan fingerprint density at radius 1 is 1.35 bits per heavy atom. The molecular formula is C11H8FNO3S. The van der Waals surface area contributed by atoms with Gasteiger partial charge in [0, 0.05) is 17.5 Å². The van der Waals surface area contributed by atoms with Crippen LogP contribution in [0.5, 0.6) is 0 Å². The predicted molar refractivity (Wildman–Crippen MR) is 56.7 cm³/mol. The van der Waals surface area contributed by atoms with Crippen molar-refractivity contribution < 1.29 is 17.6 Å². The summed E-state index contributed by atoms with van der Waals surface area (Å²) in [7, 11) is -3.83. The van der Waals surface area contributed by atoms with E-state index in [1.807, 2.05) is 0 Å². The van der Waals surface area contributed by atoms with Crippen molar-refractivity contribution in [1.82, 2.24) is 0 Å². The molecule has 1 aliphatic carbocycles. The van der Waals surface area contributed by atoms with E-state index >= 15 is 0 Å². The number of carbonyl (C=O) groups excluding carboxylic acids is 1. The van der Waals surface area contributed by atoms with E-state index in [-0.39, 0.29) is 34.6 Å². The van der Waals surface area contributed by atoms with Crippen LogP contribution in [0.15, 0.2) is 17.0 Å². The molecule has 0 fully saturated rings. The van der Waals surface area contributed by atoms with Crippen LogP contribution in [0.4, 0.5) is 4.39 Å². The van der Waals surface area contributed by atoms with Crippen LogP contribution in [0.25, 0.3) is 0 Å². The fraction of sp³-hybridized carbons (Fsp3) is 0.273. The maximum atomic E-state index is 13.4. The number of hydrogen-bond acceptors (Lipinski definition) is 4. The second kappa shape index (κ2) is 3.93. The number of nitriles is 1. The van der Waals surface area contributed by atoms with E-state index in [9.17, 15) is 17.6 Å². The summed E-state index contributed by atoms with van der Waals surface area (Å²) in [6, 6.07) is 3.62. The zero-order valence-electron chi connectivity index (χ0n) is 8.73. The van der Waals surface area contributed by atoms with Gasteiger partial charge in [-0.05, 0) is 18.6 Å². The molecule has 0 aliphatic heterocycles. The Hall–Kier alpha value is -1.74. The number of rotatable bonds is 2. The van der Waals surface area contributed by atoms with Crippen LogP contribution in [0.2, 0.25) is 0 Å². The van der Waals surface area contributed by atoms with Gasteiger partial charge in [-0.3, -0.25) is 4.79 Å². The average Bonchev–Trinajstić information content (AvgIpc) is 2.62. The Morgan fingerprint density at radius 3 is 2.71 bits per heavy atom. The lowest BCUT2D eigenvalue weighted by atomic mass is 10.1. The molecule has 0 radical (unpaired) electrons. The molecule has 0 N–H and O–H groups in total. The monoisotopic (exact) mass is 253 g/mol. The molecule has 0 amide bonds. The van der Waals surface area contributed by atoms with Crippen molar-refractivity contribution in [2.24, 2.45) is 0 Å². The second-order valence-electron chi connectivity index (χ2n) is 3.74. The van der Waals surface area contributed by atoms with Crippen molar-refractivity contribution in [2.45, 2.75) is 17.7 Å². The van der Waals surface area contributed by atoms with Crippen LogP contribution in [-0.2, 0) is 16.3 Å². The van der Waals surface area contributed by atoms with Gasteiger partial charge in [-0.1, -0.05) is 0 Å². The van der Waals surface area contributed by atoms with Crippen LogP contribution in [-0.4, -0.2) is 20.0 Å². The normalized spacial score (nSPS) is 14.5. The molecule has 6 heteroatoms. The summed E-state index contributed by atoms with van der Waals surface area (Å²) in [5, 5.41) is 8.44. The van der Waals surface area contributed by atoms with E-state index in [0.29, 0.717) is 0 Å². The Kier molecular flexibility index (Phi) is 2.71. The van der Waals surface area contributed by atoms with Gasteiger partial charge >= 0.3 is 0 Å². The fourth-order valence-corrected chi connectivity index (χ4v) is 3.09. The molecule has 0 bridgehead atoms. The molecule has 1 aliphatic rings. The van der Waals surface area contributed by atoms with Crippen LogP contribution >= 0.6 is 0 Å². The van der Waals surface area contributed by atoms with E-state index < -0.39 is 21.4 Å². The number of fused-ring (bicyclic) bond motifs is 1. The van der Waals surface area contributed by atoms with Crippen molar-refractivity contribution >= 4 is 15.6 Å². The van der Waals surface area contributed by atoms with Gasteiger partial charge in [0.1, 0.15) is 11.6 Å². The molecule has 88 valence electrons. The highest BCUT2D eigenvalue weighted by atomic mass is 32.2. The van der Waals surface area contributed by atoms with Crippen molar-refractivity contribution in [3.8, 4) is 6.07 Å².